The number of amides is 1. The molecule has 3 nitrogen and oxygen atoms in total. The van der Waals surface area contributed by atoms with E-state index in [9.17, 15) is 4.79 Å². The van der Waals surface area contributed by atoms with Gasteiger partial charge in [-0.1, -0.05) is 44.2 Å². The Kier molecular flexibility index (Phi) is 6.98. The van der Waals surface area contributed by atoms with Crippen LogP contribution in [0.2, 0.25) is 0 Å². The molecule has 0 aliphatic rings. The SMILES string of the molecule is CCC(NC(=O)c1cc(C)ccc1C#CCCO)C(C)C. The minimum absolute atomic E-state index is 0.0334. The Balaban J connectivity index is 3.02. The van der Waals surface area contributed by atoms with Crippen molar-refractivity contribution < 1.29 is 9.90 Å². The summed E-state index contributed by atoms with van der Waals surface area (Å²) in [5.41, 5.74) is 2.36. The standard InChI is InChI=1S/C18H25NO2/c1-5-17(13(2)3)19-18(21)16-12-14(4)9-10-15(16)8-6-7-11-20/h9-10,12-13,17,20H,5,7,11H2,1-4H3,(H,19,21). The Morgan fingerprint density at radius 1 is 1.38 bits per heavy atom. The molecular formula is C18H25NO2. The molecule has 0 aromatic heterocycles. The molecule has 114 valence electrons. The van der Waals surface area contributed by atoms with Crippen LogP contribution < -0.4 is 5.32 Å². The largest absolute Gasteiger partial charge is 0.395 e. The first kappa shape index (κ1) is 17.3. The number of carbonyl (C=O) groups excluding carboxylic acids is 1. The molecule has 1 unspecified atom stereocenters. The molecule has 2 N–H and O–H groups in total. The van der Waals surface area contributed by atoms with Gasteiger partial charge in [0.25, 0.3) is 5.91 Å². The van der Waals surface area contributed by atoms with Crippen molar-refractivity contribution >= 4 is 5.91 Å². The maximum Gasteiger partial charge on any atom is 0.252 e. The van der Waals surface area contributed by atoms with Gasteiger partial charge in [-0.05, 0) is 31.4 Å². The van der Waals surface area contributed by atoms with E-state index >= 15 is 0 Å². The van der Waals surface area contributed by atoms with Crippen LogP contribution in [0.5, 0.6) is 0 Å². The van der Waals surface area contributed by atoms with Crippen LogP contribution >= 0.6 is 0 Å². The lowest BCUT2D eigenvalue weighted by molar-refractivity contribution is 0.0924. The number of rotatable bonds is 5. The number of aryl methyl sites for hydroxylation is 1. The maximum atomic E-state index is 12.5. The third-order valence-corrected chi connectivity index (χ3v) is 3.44. The molecule has 0 heterocycles. The van der Waals surface area contributed by atoms with Gasteiger partial charge in [0.1, 0.15) is 0 Å². The summed E-state index contributed by atoms with van der Waals surface area (Å²) in [6, 6.07) is 5.84. The molecule has 0 saturated carbocycles. The molecule has 0 bridgehead atoms. The number of carbonyl (C=O) groups is 1. The molecule has 1 amide bonds. The zero-order chi connectivity index (χ0) is 15.8. The van der Waals surface area contributed by atoms with Crippen molar-refractivity contribution in [1.29, 1.82) is 0 Å². The molecule has 3 heteroatoms. The summed E-state index contributed by atoms with van der Waals surface area (Å²) < 4.78 is 0. The van der Waals surface area contributed by atoms with Crippen LogP contribution in [0.4, 0.5) is 0 Å². The Hall–Kier alpha value is -1.79. The van der Waals surface area contributed by atoms with E-state index in [0.29, 0.717) is 23.5 Å². The normalized spacial score (nSPS) is 11.7. The van der Waals surface area contributed by atoms with Gasteiger partial charge in [0, 0.05) is 18.0 Å². The Morgan fingerprint density at radius 2 is 2.10 bits per heavy atom. The highest BCUT2D eigenvalue weighted by molar-refractivity contribution is 5.97. The van der Waals surface area contributed by atoms with Gasteiger partial charge >= 0.3 is 0 Å². The first-order valence-electron chi connectivity index (χ1n) is 7.50. The number of benzene rings is 1. The molecule has 1 aromatic carbocycles. The van der Waals surface area contributed by atoms with Crippen LogP contribution in [-0.2, 0) is 0 Å². The van der Waals surface area contributed by atoms with Crippen molar-refractivity contribution in [3.8, 4) is 11.8 Å². The molecule has 1 rings (SSSR count). The van der Waals surface area contributed by atoms with Gasteiger partial charge in [-0.3, -0.25) is 4.79 Å². The first-order chi connectivity index (χ1) is 9.99. The van der Waals surface area contributed by atoms with E-state index in [1.807, 2.05) is 25.1 Å². The quantitative estimate of drug-likeness (QED) is 0.818. The topological polar surface area (TPSA) is 49.3 Å². The van der Waals surface area contributed by atoms with E-state index < -0.39 is 0 Å². The molecule has 0 saturated heterocycles. The lowest BCUT2D eigenvalue weighted by atomic mass is 9.99. The van der Waals surface area contributed by atoms with Crippen molar-refractivity contribution in [1.82, 2.24) is 5.32 Å². The smallest absolute Gasteiger partial charge is 0.252 e. The lowest BCUT2D eigenvalue weighted by Gasteiger charge is -2.21. The number of aliphatic hydroxyl groups is 1. The van der Waals surface area contributed by atoms with Gasteiger partial charge < -0.3 is 10.4 Å². The highest BCUT2D eigenvalue weighted by Crippen LogP contribution is 2.13. The monoisotopic (exact) mass is 287 g/mol. The minimum Gasteiger partial charge on any atom is -0.395 e. The number of nitrogens with one attached hydrogen (secondary N) is 1. The van der Waals surface area contributed by atoms with Crippen molar-refractivity contribution in [2.24, 2.45) is 5.92 Å². The van der Waals surface area contributed by atoms with E-state index in [-0.39, 0.29) is 18.6 Å². The Bertz CT molecular complexity index is 538. The summed E-state index contributed by atoms with van der Waals surface area (Å²) >= 11 is 0. The lowest BCUT2D eigenvalue weighted by Crippen LogP contribution is -2.38. The van der Waals surface area contributed by atoms with Crippen molar-refractivity contribution in [2.45, 2.75) is 46.6 Å². The highest BCUT2D eigenvalue weighted by Gasteiger charge is 2.17. The predicted octanol–water partition coefficient (Wildman–Crippen LogP) is 2.89. The Labute approximate surface area is 127 Å². The van der Waals surface area contributed by atoms with Gasteiger partial charge in [-0.25, -0.2) is 0 Å². The molecule has 0 spiro atoms. The van der Waals surface area contributed by atoms with E-state index in [4.69, 9.17) is 5.11 Å². The third-order valence-electron chi connectivity index (χ3n) is 3.44. The second kappa shape index (κ2) is 8.49. The average Bonchev–Trinajstić information content (AvgIpc) is 2.45. The van der Waals surface area contributed by atoms with Gasteiger partial charge in [0.15, 0.2) is 0 Å². The van der Waals surface area contributed by atoms with Gasteiger partial charge in [0.2, 0.25) is 0 Å². The zero-order valence-electron chi connectivity index (χ0n) is 13.4. The van der Waals surface area contributed by atoms with Crippen LogP contribution in [0.1, 0.15) is 55.1 Å². The molecular weight excluding hydrogens is 262 g/mol. The van der Waals surface area contributed by atoms with E-state index in [2.05, 4.69) is 37.9 Å². The van der Waals surface area contributed by atoms with Crippen LogP contribution in [0, 0.1) is 24.7 Å². The fourth-order valence-electron chi connectivity index (χ4n) is 2.15. The predicted molar refractivity (Wildman–Crippen MR) is 86.1 cm³/mol. The van der Waals surface area contributed by atoms with E-state index in [1.54, 1.807) is 0 Å². The summed E-state index contributed by atoms with van der Waals surface area (Å²) in [7, 11) is 0. The minimum atomic E-state index is -0.0763. The summed E-state index contributed by atoms with van der Waals surface area (Å²) in [4.78, 5) is 12.5. The fourth-order valence-corrected chi connectivity index (χ4v) is 2.15. The van der Waals surface area contributed by atoms with Gasteiger partial charge in [-0.15, -0.1) is 0 Å². The van der Waals surface area contributed by atoms with E-state index in [0.717, 1.165) is 12.0 Å². The summed E-state index contributed by atoms with van der Waals surface area (Å²) in [5, 5.41) is 11.9. The number of hydrogen-bond acceptors (Lipinski definition) is 2. The van der Waals surface area contributed by atoms with Gasteiger partial charge in [-0.2, -0.15) is 0 Å². The molecule has 0 fully saturated rings. The van der Waals surface area contributed by atoms with E-state index in [1.165, 1.54) is 0 Å². The van der Waals surface area contributed by atoms with Crippen LogP contribution in [0.3, 0.4) is 0 Å². The molecule has 21 heavy (non-hydrogen) atoms. The molecule has 0 aliphatic carbocycles. The second-order valence-electron chi connectivity index (χ2n) is 5.56. The van der Waals surface area contributed by atoms with Crippen LogP contribution in [-0.4, -0.2) is 23.7 Å². The molecule has 1 aromatic rings. The van der Waals surface area contributed by atoms with Crippen LogP contribution in [0.25, 0.3) is 0 Å². The summed E-state index contributed by atoms with van der Waals surface area (Å²) in [5.74, 6) is 6.17. The number of hydrogen-bond donors (Lipinski definition) is 2. The third kappa shape index (κ3) is 5.24. The second-order valence-corrected chi connectivity index (χ2v) is 5.56. The highest BCUT2D eigenvalue weighted by atomic mass is 16.2. The van der Waals surface area contributed by atoms with Crippen LogP contribution in [0.15, 0.2) is 18.2 Å². The zero-order valence-corrected chi connectivity index (χ0v) is 13.4. The van der Waals surface area contributed by atoms with Crippen molar-refractivity contribution in [3.05, 3.63) is 34.9 Å². The van der Waals surface area contributed by atoms with Crippen molar-refractivity contribution in [2.75, 3.05) is 6.61 Å². The molecule has 0 radical (unpaired) electrons. The molecule has 0 aliphatic heterocycles. The Morgan fingerprint density at radius 3 is 2.67 bits per heavy atom. The summed E-state index contributed by atoms with van der Waals surface area (Å²) in [6.07, 6.45) is 1.32. The summed E-state index contributed by atoms with van der Waals surface area (Å²) in [6.45, 7) is 8.27. The molecule has 1 atom stereocenters. The average molecular weight is 287 g/mol. The number of aliphatic hydroxyl groups excluding tert-OH is 1. The maximum absolute atomic E-state index is 12.5. The first-order valence-corrected chi connectivity index (χ1v) is 7.50. The fraction of sp³-hybridized carbons (Fsp3) is 0.500. The van der Waals surface area contributed by atoms with Gasteiger partial charge in [0.05, 0.1) is 12.2 Å². The van der Waals surface area contributed by atoms with Crippen molar-refractivity contribution in [3.63, 3.8) is 0 Å².